The molecule has 0 aliphatic heterocycles. The van der Waals surface area contributed by atoms with Gasteiger partial charge >= 0.3 is 0 Å². The van der Waals surface area contributed by atoms with Gasteiger partial charge in [0.2, 0.25) is 0 Å². The van der Waals surface area contributed by atoms with Crippen molar-refractivity contribution in [2.75, 3.05) is 0 Å². The number of benzene rings is 1. The Morgan fingerprint density at radius 3 is 2.71 bits per heavy atom. The third kappa shape index (κ3) is 2.00. The monoisotopic (exact) mass is 256 g/mol. The van der Waals surface area contributed by atoms with Crippen LogP contribution >= 0.6 is 15.9 Å². The Kier molecular flexibility index (Phi) is 2.91. The van der Waals surface area contributed by atoms with Crippen molar-refractivity contribution >= 4 is 15.9 Å². The average molecular weight is 257 g/mol. The van der Waals surface area contributed by atoms with E-state index in [1.807, 2.05) is 13.0 Å². The molecule has 1 aliphatic rings. The summed E-state index contributed by atoms with van der Waals surface area (Å²) in [6, 6.07) is 5.15. The smallest absolute Gasteiger partial charge is 0.123 e. The number of halogens is 2. The molecule has 2 rings (SSSR count). The molecule has 0 heterocycles. The minimum atomic E-state index is -0.125. The summed E-state index contributed by atoms with van der Waals surface area (Å²) in [7, 11) is 0. The predicted octanol–water partition coefficient (Wildman–Crippen LogP) is 4.17. The zero-order chi connectivity index (χ0) is 10.1. The predicted molar refractivity (Wildman–Crippen MR) is 60.4 cm³/mol. The van der Waals surface area contributed by atoms with Crippen LogP contribution in [0.4, 0.5) is 4.39 Å². The summed E-state index contributed by atoms with van der Waals surface area (Å²) >= 11 is 3.64. The molecule has 1 fully saturated rings. The molecule has 76 valence electrons. The molecule has 1 aromatic carbocycles. The molecule has 14 heavy (non-hydrogen) atoms. The molecule has 0 amide bonds. The summed E-state index contributed by atoms with van der Waals surface area (Å²) in [6.07, 6.45) is 3.65. The maximum absolute atomic E-state index is 12.9. The molecule has 0 spiro atoms. The Labute approximate surface area is 92.6 Å². The SMILES string of the molecule is Cc1cc(F)ccc1C1CCC(Br)C1. The first-order chi connectivity index (χ1) is 6.66. The second-order valence-electron chi connectivity index (χ2n) is 4.11. The molecule has 2 atom stereocenters. The summed E-state index contributed by atoms with van der Waals surface area (Å²) < 4.78 is 12.9. The van der Waals surface area contributed by atoms with Crippen molar-refractivity contribution in [3.63, 3.8) is 0 Å². The molecule has 1 saturated carbocycles. The third-order valence-corrected chi connectivity index (χ3v) is 3.87. The van der Waals surface area contributed by atoms with Gasteiger partial charge in [-0.2, -0.15) is 0 Å². The standard InChI is InChI=1S/C12H14BrF/c1-8-6-11(14)4-5-12(8)9-2-3-10(13)7-9/h4-6,9-10H,2-3,7H2,1H3. The van der Waals surface area contributed by atoms with Crippen molar-refractivity contribution in [2.45, 2.75) is 36.9 Å². The van der Waals surface area contributed by atoms with Crippen molar-refractivity contribution in [1.82, 2.24) is 0 Å². The highest BCUT2D eigenvalue weighted by molar-refractivity contribution is 9.09. The van der Waals surface area contributed by atoms with Crippen LogP contribution in [0.2, 0.25) is 0 Å². The highest BCUT2D eigenvalue weighted by Crippen LogP contribution is 2.39. The quantitative estimate of drug-likeness (QED) is 0.662. The van der Waals surface area contributed by atoms with Gasteiger partial charge in [0, 0.05) is 4.83 Å². The van der Waals surface area contributed by atoms with E-state index in [1.54, 1.807) is 12.1 Å². The largest absolute Gasteiger partial charge is 0.207 e. The minimum absolute atomic E-state index is 0.125. The molecule has 2 heteroatoms. The fourth-order valence-electron chi connectivity index (χ4n) is 2.31. The van der Waals surface area contributed by atoms with Crippen LogP contribution in [0.3, 0.4) is 0 Å². The maximum atomic E-state index is 12.9. The van der Waals surface area contributed by atoms with Gasteiger partial charge in [0.25, 0.3) is 0 Å². The summed E-state index contributed by atoms with van der Waals surface area (Å²) in [5.74, 6) is 0.500. The molecule has 0 N–H and O–H groups in total. The molecule has 2 unspecified atom stereocenters. The van der Waals surface area contributed by atoms with E-state index in [4.69, 9.17) is 0 Å². The van der Waals surface area contributed by atoms with Gasteiger partial charge in [-0.1, -0.05) is 22.0 Å². The molecule has 0 nitrogen and oxygen atoms in total. The lowest BCUT2D eigenvalue weighted by Crippen LogP contribution is -1.97. The second kappa shape index (κ2) is 4.01. The van der Waals surface area contributed by atoms with Gasteiger partial charge in [-0.15, -0.1) is 0 Å². The van der Waals surface area contributed by atoms with Gasteiger partial charge in [-0.3, -0.25) is 0 Å². The van der Waals surface area contributed by atoms with E-state index in [1.165, 1.54) is 24.8 Å². The normalized spacial score (nSPS) is 26.8. The van der Waals surface area contributed by atoms with Crippen LogP contribution < -0.4 is 0 Å². The number of hydrogen-bond acceptors (Lipinski definition) is 0. The number of rotatable bonds is 1. The van der Waals surface area contributed by atoms with E-state index < -0.39 is 0 Å². The van der Waals surface area contributed by atoms with Crippen LogP contribution in [0.25, 0.3) is 0 Å². The Hall–Kier alpha value is -0.370. The Morgan fingerprint density at radius 2 is 2.14 bits per heavy atom. The van der Waals surface area contributed by atoms with Crippen molar-refractivity contribution in [3.05, 3.63) is 35.1 Å². The van der Waals surface area contributed by atoms with Gasteiger partial charge in [0.1, 0.15) is 5.82 Å². The van der Waals surface area contributed by atoms with Crippen LogP contribution in [-0.4, -0.2) is 4.83 Å². The fourth-order valence-corrected chi connectivity index (χ4v) is 3.02. The Morgan fingerprint density at radius 1 is 1.36 bits per heavy atom. The van der Waals surface area contributed by atoms with Crippen LogP contribution in [0.5, 0.6) is 0 Å². The lowest BCUT2D eigenvalue weighted by molar-refractivity contribution is 0.622. The van der Waals surface area contributed by atoms with Crippen LogP contribution in [0.1, 0.15) is 36.3 Å². The van der Waals surface area contributed by atoms with Gasteiger partial charge in [-0.25, -0.2) is 4.39 Å². The third-order valence-electron chi connectivity index (χ3n) is 3.04. The highest BCUT2D eigenvalue weighted by Gasteiger charge is 2.24. The Bertz CT molecular complexity index is 335. The summed E-state index contributed by atoms with van der Waals surface area (Å²) in [6.45, 7) is 2.00. The van der Waals surface area contributed by atoms with E-state index in [9.17, 15) is 4.39 Å². The molecule has 0 aromatic heterocycles. The zero-order valence-electron chi connectivity index (χ0n) is 8.26. The highest BCUT2D eigenvalue weighted by atomic mass is 79.9. The maximum Gasteiger partial charge on any atom is 0.123 e. The van der Waals surface area contributed by atoms with Gasteiger partial charge in [0.05, 0.1) is 0 Å². The lowest BCUT2D eigenvalue weighted by atomic mass is 9.93. The summed E-state index contributed by atoms with van der Waals surface area (Å²) in [4.78, 5) is 0.650. The van der Waals surface area contributed by atoms with Crippen LogP contribution in [0, 0.1) is 12.7 Å². The molecule has 0 bridgehead atoms. The molecule has 0 saturated heterocycles. The van der Waals surface area contributed by atoms with Crippen molar-refractivity contribution in [2.24, 2.45) is 0 Å². The van der Waals surface area contributed by atoms with Crippen molar-refractivity contribution < 1.29 is 4.39 Å². The molecule has 0 radical (unpaired) electrons. The molecular formula is C12H14BrF. The molecular weight excluding hydrogens is 243 g/mol. The van der Waals surface area contributed by atoms with Gasteiger partial charge in [0.15, 0.2) is 0 Å². The molecule has 1 aliphatic carbocycles. The van der Waals surface area contributed by atoms with E-state index in [-0.39, 0.29) is 5.82 Å². The van der Waals surface area contributed by atoms with Crippen LogP contribution in [-0.2, 0) is 0 Å². The first-order valence-electron chi connectivity index (χ1n) is 5.07. The van der Waals surface area contributed by atoms with Crippen molar-refractivity contribution in [1.29, 1.82) is 0 Å². The number of alkyl halides is 1. The minimum Gasteiger partial charge on any atom is -0.207 e. The van der Waals surface area contributed by atoms with E-state index in [0.29, 0.717) is 10.7 Å². The van der Waals surface area contributed by atoms with Gasteiger partial charge < -0.3 is 0 Å². The number of aryl methyl sites for hydroxylation is 1. The zero-order valence-corrected chi connectivity index (χ0v) is 9.85. The lowest BCUT2D eigenvalue weighted by Gasteiger charge is -2.12. The van der Waals surface area contributed by atoms with E-state index in [2.05, 4.69) is 15.9 Å². The second-order valence-corrected chi connectivity index (χ2v) is 5.40. The van der Waals surface area contributed by atoms with E-state index in [0.717, 1.165) is 5.56 Å². The molecule has 1 aromatic rings. The summed E-state index contributed by atoms with van der Waals surface area (Å²) in [5, 5.41) is 0. The van der Waals surface area contributed by atoms with Crippen LogP contribution in [0.15, 0.2) is 18.2 Å². The first-order valence-corrected chi connectivity index (χ1v) is 5.98. The number of hydrogen-bond donors (Lipinski definition) is 0. The topological polar surface area (TPSA) is 0 Å². The first kappa shape index (κ1) is 10.2. The van der Waals surface area contributed by atoms with Gasteiger partial charge in [-0.05, 0) is 55.4 Å². The Balaban J connectivity index is 2.24. The summed E-state index contributed by atoms with van der Waals surface area (Å²) in [5.41, 5.74) is 2.42. The van der Waals surface area contributed by atoms with Crippen molar-refractivity contribution in [3.8, 4) is 0 Å². The van der Waals surface area contributed by atoms with E-state index >= 15 is 0 Å². The average Bonchev–Trinajstić information content (AvgIpc) is 2.51. The fraction of sp³-hybridized carbons (Fsp3) is 0.500.